The predicted molar refractivity (Wildman–Crippen MR) is 114 cm³/mol. The summed E-state index contributed by atoms with van der Waals surface area (Å²) < 4.78 is 0. The molecule has 4 nitrogen and oxygen atoms in total. The van der Waals surface area contributed by atoms with Crippen LogP contribution in [0.3, 0.4) is 0 Å². The Morgan fingerprint density at radius 3 is 2.41 bits per heavy atom. The first-order valence-electron chi connectivity index (χ1n) is 9.21. The highest BCUT2D eigenvalue weighted by atomic mass is 32.2. The van der Waals surface area contributed by atoms with E-state index in [9.17, 15) is 9.59 Å². The lowest BCUT2D eigenvalue weighted by atomic mass is 10.0. The molecule has 0 unspecified atom stereocenters. The van der Waals surface area contributed by atoms with E-state index in [-0.39, 0.29) is 17.6 Å². The standard InChI is InChI=1S/C22H28N2O2S/c1-16-6-4-8-20(13-16)24-22(26)15-27-14-21(25)23-11-5-7-19-10-9-17(2)12-18(19)3/h4,6,8-10,12-13H,5,7,11,14-15H2,1-3H3,(H,23,25)(H,24,26). The van der Waals surface area contributed by atoms with Gasteiger partial charge in [0.25, 0.3) is 0 Å². The van der Waals surface area contributed by atoms with Crippen molar-refractivity contribution in [3.05, 3.63) is 64.7 Å². The van der Waals surface area contributed by atoms with Crippen LogP contribution in [0.1, 0.15) is 28.7 Å². The van der Waals surface area contributed by atoms with Crippen molar-refractivity contribution in [2.75, 3.05) is 23.4 Å². The molecule has 27 heavy (non-hydrogen) atoms. The highest BCUT2D eigenvalue weighted by molar-refractivity contribution is 8.00. The third kappa shape index (κ3) is 7.87. The van der Waals surface area contributed by atoms with E-state index < -0.39 is 0 Å². The van der Waals surface area contributed by atoms with E-state index in [1.54, 1.807) is 0 Å². The van der Waals surface area contributed by atoms with Crippen LogP contribution in [0.2, 0.25) is 0 Å². The smallest absolute Gasteiger partial charge is 0.234 e. The van der Waals surface area contributed by atoms with E-state index in [1.165, 1.54) is 28.5 Å². The van der Waals surface area contributed by atoms with Crippen LogP contribution in [0.5, 0.6) is 0 Å². The summed E-state index contributed by atoms with van der Waals surface area (Å²) in [4.78, 5) is 23.8. The first-order chi connectivity index (χ1) is 12.9. The van der Waals surface area contributed by atoms with Crippen LogP contribution < -0.4 is 10.6 Å². The van der Waals surface area contributed by atoms with Crippen molar-refractivity contribution < 1.29 is 9.59 Å². The molecule has 0 spiro atoms. The lowest BCUT2D eigenvalue weighted by molar-refractivity contribution is -0.118. The zero-order valence-electron chi connectivity index (χ0n) is 16.3. The molecule has 2 N–H and O–H groups in total. The summed E-state index contributed by atoms with van der Waals surface area (Å²) >= 11 is 1.33. The maximum absolute atomic E-state index is 11.9. The van der Waals surface area contributed by atoms with Gasteiger partial charge in [0.15, 0.2) is 0 Å². The molecule has 5 heteroatoms. The first-order valence-corrected chi connectivity index (χ1v) is 10.4. The molecule has 0 aliphatic heterocycles. The molecule has 0 fully saturated rings. The third-order valence-electron chi connectivity index (χ3n) is 4.21. The summed E-state index contributed by atoms with van der Waals surface area (Å²) in [5.41, 5.74) is 5.79. The van der Waals surface area contributed by atoms with Crippen molar-refractivity contribution in [1.29, 1.82) is 0 Å². The van der Waals surface area contributed by atoms with E-state index in [1.807, 2.05) is 31.2 Å². The SMILES string of the molecule is Cc1cccc(NC(=O)CSCC(=O)NCCCc2ccc(C)cc2C)c1. The Morgan fingerprint density at radius 1 is 0.926 bits per heavy atom. The topological polar surface area (TPSA) is 58.2 Å². The molecule has 144 valence electrons. The Kier molecular flexibility index (Phi) is 8.40. The average Bonchev–Trinajstić information content (AvgIpc) is 2.60. The second kappa shape index (κ2) is 10.8. The van der Waals surface area contributed by atoms with Crippen molar-refractivity contribution in [3.8, 4) is 0 Å². The summed E-state index contributed by atoms with van der Waals surface area (Å²) in [5.74, 6) is 0.451. The molecule has 2 aromatic rings. The molecule has 0 bridgehead atoms. The van der Waals surface area contributed by atoms with Gasteiger partial charge >= 0.3 is 0 Å². The predicted octanol–water partition coefficient (Wildman–Crippen LogP) is 4.03. The van der Waals surface area contributed by atoms with Gasteiger partial charge < -0.3 is 10.6 Å². The summed E-state index contributed by atoms with van der Waals surface area (Å²) in [6.07, 6.45) is 1.87. The van der Waals surface area contributed by atoms with Crippen molar-refractivity contribution in [1.82, 2.24) is 5.32 Å². The van der Waals surface area contributed by atoms with Crippen molar-refractivity contribution in [3.63, 3.8) is 0 Å². The zero-order chi connectivity index (χ0) is 19.6. The van der Waals surface area contributed by atoms with Crippen LogP contribution in [0.4, 0.5) is 5.69 Å². The Morgan fingerprint density at radius 2 is 1.67 bits per heavy atom. The highest BCUT2D eigenvalue weighted by Gasteiger charge is 2.06. The number of hydrogen-bond acceptors (Lipinski definition) is 3. The Labute approximate surface area is 166 Å². The maximum Gasteiger partial charge on any atom is 0.234 e. The van der Waals surface area contributed by atoms with Crippen molar-refractivity contribution >= 4 is 29.3 Å². The number of carbonyl (C=O) groups is 2. The minimum absolute atomic E-state index is 0.0241. The van der Waals surface area contributed by atoms with Crippen molar-refractivity contribution in [2.24, 2.45) is 0 Å². The molecular weight excluding hydrogens is 356 g/mol. The number of aryl methyl sites for hydroxylation is 4. The van der Waals surface area contributed by atoms with Crippen LogP contribution >= 0.6 is 11.8 Å². The van der Waals surface area contributed by atoms with Gasteiger partial charge in [-0.15, -0.1) is 11.8 Å². The largest absolute Gasteiger partial charge is 0.355 e. The fraction of sp³-hybridized carbons (Fsp3) is 0.364. The molecule has 0 radical (unpaired) electrons. The molecule has 0 atom stereocenters. The quantitative estimate of drug-likeness (QED) is 0.642. The summed E-state index contributed by atoms with van der Waals surface area (Å²) in [6.45, 7) is 6.85. The van der Waals surface area contributed by atoms with Crippen LogP contribution in [-0.2, 0) is 16.0 Å². The van der Waals surface area contributed by atoms with Gasteiger partial charge in [-0.3, -0.25) is 9.59 Å². The molecular formula is C22H28N2O2S. The summed E-state index contributed by atoms with van der Waals surface area (Å²) in [6, 6.07) is 14.1. The van der Waals surface area contributed by atoms with Gasteiger partial charge in [-0.1, -0.05) is 35.9 Å². The number of thioether (sulfide) groups is 1. The van der Waals surface area contributed by atoms with Crippen LogP contribution in [0.25, 0.3) is 0 Å². The lowest BCUT2D eigenvalue weighted by Crippen LogP contribution is -2.27. The molecule has 0 aliphatic carbocycles. The lowest BCUT2D eigenvalue weighted by Gasteiger charge is -2.08. The monoisotopic (exact) mass is 384 g/mol. The molecule has 0 heterocycles. The van der Waals surface area contributed by atoms with Gasteiger partial charge in [0.1, 0.15) is 0 Å². The zero-order valence-corrected chi connectivity index (χ0v) is 17.1. The number of hydrogen-bond donors (Lipinski definition) is 2. The summed E-state index contributed by atoms with van der Waals surface area (Å²) in [5, 5.41) is 5.77. The number of anilines is 1. The second-order valence-corrected chi connectivity index (χ2v) is 7.78. The average molecular weight is 385 g/mol. The molecule has 0 saturated heterocycles. The van der Waals surface area contributed by atoms with Gasteiger partial charge in [0.05, 0.1) is 11.5 Å². The Hall–Kier alpha value is -2.27. The highest BCUT2D eigenvalue weighted by Crippen LogP contribution is 2.12. The number of benzene rings is 2. The van der Waals surface area contributed by atoms with Gasteiger partial charge in [-0.25, -0.2) is 0 Å². The van der Waals surface area contributed by atoms with Crippen LogP contribution in [0, 0.1) is 20.8 Å². The van der Waals surface area contributed by atoms with E-state index in [0.29, 0.717) is 12.3 Å². The van der Waals surface area contributed by atoms with Crippen LogP contribution in [-0.4, -0.2) is 29.9 Å². The van der Waals surface area contributed by atoms with Gasteiger partial charge in [0, 0.05) is 12.2 Å². The van der Waals surface area contributed by atoms with E-state index in [4.69, 9.17) is 0 Å². The number of carbonyl (C=O) groups excluding carboxylic acids is 2. The fourth-order valence-electron chi connectivity index (χ4n) is 2.84. The minimum atomic E-state index is -0.0896. The van der Waals surface area contributed by atoms with E-state index in [2.05, 4.69) is 42.7 Å². The molecule has 0 saturated carbocycles. The van der Waals surface area contributed by atoms with Gasteiger partial charge in [-0.2, -0.15) is 0 Å². The third-order valence-corrected chi connectivity index (χ3v) is 5.14. The molecule has 0 aliphatic rings. The van der Waals surface area contributed by atoms with E-state index >= 15 is 0 Å². The fourth-order valence-corrected chi connectivity index (χ4v) is 3.49. The maximum atomic E-state index is 11.9. The van der Waals surface area contributed by atoms with E-state index in [0.717, 1.165) is 24.1 Å². The molecule has 2 amide bonds. The number of nitrogens with one attached hydrogen (secondary N) is 2. The van der Waals surface area contributed by atoms with Crippen molar-refractivity contribution in [2.45, 2.75) is 33.6 Å². The number of rotatable bonds is 9. The van der Waals surface area contributed by atoms with Gasteiger partial charge in [0.2, 0.25) is 11.8 Å². The van der Waals surface area contributed by atoms with Gasteiger partial charge in [-0.05, 0) is 62.4 Å². The number of amides is 2. The molecule has 2 aromatic carbocycles. The molecule has 2 rings (SSSR count). The van der Waals surface area contributed by atoms with Crippen LogP contribution in [0.15, 0.2) is 42.5 Å². The Bertz CT molecular complexity index is 790. The normalized spacial score (nSPS) is 10.5. The molecule has 0 aromatic heterocycles. The Balaban J connectivity index is 1.58. The first kappa shape index (κ1) is 21.0. The second-order valence-electron chi connectivity index (χ2n) is 6.79. The summed E-state index contributed by atoms with van der Waals surface area (Å²) in [7, 11) is 0. The minimum Gasteiger partial charge on any atom is -0.355 e.